The number of pyridine rings is 1. The molecule has 0 amide bonds. The molecule has 0 aliphatic heterocycles. The molecule has 0 saturated carbocycles. The summed E-state index contributed by atoms with van der Waals surface area (Å²) >= 11 is 5.81. The van der Waals surface area contributed by atoms with E-state index in [1.807, 2.05) is 6.92 Å². The smallest absolute Gasteiger partial charge is 0.271 e. The van der Waals surface area contributed by atoms with Crippen molar-refractivity contribution in [2.24, 2.45) is 0 Å². The Morgan fingerprint density at radius 2 is 2.28 bits per heavy atom. The van der Waals surface area contributed by atoms with E-state index < -0.39 is 5.56 Å². The van der Waals surface area contributed by atoms with E-state index in [4.69, 9.17) is 16.3 Å². The molecule has 6 nitrogen and oxygen atoms in total. The molecule has 0 atom stereocenters. The molecule has 0 unspecified atom stereocenters. The van der Waals surface area contributed by atoms with Crippen LogP contribution in [0, 0.1) is 0 Å². The van der Waals surface area contributed by atoms with Crippen molar-refractivity contribution in [3.63, 3.8) is 0 Å². The quantitative estimate of drug-likeness (QED) is 0.884. The summed E-state index contributed by atoms with van der Waals surface area (Å²) in [5.41, 5.74) is 0.270. The van der Waals surface area contributed by atoms with Crippen LogP contribution >= 0.6 is 11.6 Å². The zero-order chi connectivity index (χ0) is 13.0. The average molecular weight is 267 g/mol. The fraction of sp³-hybridized carbons (Fsp3) is 0.182. The minimum atomic E-state index is -0.395. The highest BCUT2D eigenvalue weighted by atomic mass is 35.5. The maximum Gasteiger partial charge on any atom is 0.271 e. The molecular weight excluding hydrogens is 256 g/mol. The van der Waals surface area contributed by atoms with E-state index in [1.165, 1.54) is 6.33 Å². The van der Waals surface area contributed by atoms with Crippen LogP contribution in [0.3, 0.4) is 0 Å². The van der Waals surface area contributed by atoms with Gasteiger partial charge in [0.25, 0.3) is 5.56 Å². The van der Waals surface area contributed by atoms with Gasteiger partial charge < -0.3 is 15.0 Å². The fourth-order valence-corrected chi connectivity index (χ4v) is 1.44. The first-order valence-corrected chi connectivity index (χ1v) is 5.67. The summed E-state index contributed by atoms with van der Waals surface area (Å²) in [4.78, 5) is 21.7. The van der Waals surface area contributed by atoms with Gasteiger partial charge in [0.1, 0.15) is 5.02 Å². The molecule has 2 heterocycles. The van der Waals surface area contributed by atoms with Gasteiger partial charge in [0.05, 0.1) is 24.8 Å². The SMILES string of the molecule is CCOc1ccc(Nc2nc[nH]c(=O)c2Cl)cn1. The zero-order valence-corrected chi connectivity index (χ0v) is 10.4. The van der Waals surface area contributed by atoms with Crippen LogP contribution in [-0.2, 0) is 0 Å². The monoisotopic (exact) mass is 266 g/mol. The number of hydrogen-bond acceptors (Lipinski definition) is 5. The molecule has 0 bridgehead atoms. The lowest BCUT2D eigenvalue weighted by molar-refractivity contribution is 0.327. The van der Waals surface area contributed by atoms with Gasteiger partial charge in [-0.3, -0.25) is 4.79 Å². The summed E-state index contributed by atoms with van der Waals surface area (Å²) in [6, 6.07) is 3.48. The number of nitrogens with one attached hydrogen (secondary N) is 2. The number of H-pyrrole nitrogens is 1. The third-order valence-corrected chi connectivity index (χ3v) is 2.44. The maximum absolute atomic E-state index is 11.3. The first-order chi connectivity index (χ1) is 8.70. The predicted octanol–water partition coefficient (Wildman–Crippen LogP) is 1.96. The number of ether oxygens (including phenoxy) is 1. The summed E-state index contributed by atoms with van der Waals surface area (Å²) in [6.45, 7) is 2.44. The lowest BCUT2D eigenvalue weighted by Gasteiger charge is -2.07. The second-order valence-electron chi connectivity index (χ2n) is 3.34. The predicted molar refractivity (Wildman–Crippen MR) is 68.6 cm³/mol. The van der Waals surface area contributed by atoms with E-state index in [-0.39, 0.29) is 10.8 Å². The molecule has 0 aromatic carbocycles. The van der Waals surface area contributed by atoms with Crippen molar-refractivity contribution in [3.8, 4) is 5.88 Å². The number of nitrogens with zero attached hydrogens (tertiary/aromatic N) is 2. The van der Waals surface area contributed by atoms with Gasteiger partial charge >= 0.3 is 0 Å². The number of aromatic amines is 1. The van der Waals surface area contributed by atoms with Crippen LogP contribution in [0.15, 0.2) is 29.5 Å². The Labute approximate surface area is 108 Å². The number of rotatable bonds is 4. The molecule has 0 fully saturated rings. The number of anilines is 2. The van der Waals surface area contributed by atoms with Crippen LogP contribution in [0.4, 0.5) is 11.5 Å². The van der Waals surface area contributed by atoms with Gasteiger partial charge in [0, 0.05) is 6.07 Å². The van der Waals surface area contributed by atoms with Crippen molar-refractivity contribution >= 4 is 23.1 Å². The van der Waals surface area contributed by atoms with Crippen LogP contribution in [0.1, 0.15) is 6.92 Å². The van der Waals surface area contributed by atoms with Crippen molar-refractivity contribution in [2.45, 2.75) is 6.92 Å². The summed E-state index contributed by atoms with van der Waals surface area (Å²) in [6.07, 6.45) is 2.85. The van der Waals surface area contributed by atoms with E-state index in [1.54, 1.807) is 18.3 Å². The van der Waals surface area contributed by atoms with Crippen molar-refractivity contribution in [2.75, 3.05) is 11.9 Å². The Bertz CT molecular complexity index is 582. The standard InChI is InChI=1S/C11H11ClN4O2/c1-2-18-8-4-3-7(5-13-8)16-10-9(12)11(17)15-6-14-10/h3-6H,2H2,1H3,(H2,14,15,16,17). The van der Waals surface area contributed by atoms with E-state index in [0.717, 1.165) is 0 Å². The minimum absolute atomic E-state index is 0.00591. The van der Waals surface area contributed by atoms with Crippen molar-refractivity contribution < 1.29 is 4.74 Å². The lowest BCUT2D eigenvalue weighted by Crippen LogP contribution is -2.09. The molecule has 94 valence electrons. The second kappa shape index (κ2) is 5.50. The third kappa shape index (κ3) is 2.78. The van der Waals surface area contributed by atoms with Gasteiger partial charge in [-0.15, -0.1) is 0 Å². The normalized spacial score (nSPS) is 10.1. The van der Waals surface area contributed by atoms with Gasteiger partial charge in [-0.1, -0.05) is 11.6 Å². The minimum Gasteiger partial charge on any atom is -0.478 e. The molecule has 2 aromatic heterocycles. The maximum atomic E-state index is 11.3. The molecule has 2 aromatic rings. The number of hydrogen-bond donors (Lipinski definition) is 2. The summed E-state index contributed by atoms with van der Waals surface area (Å²) in [5, 5.41) is 2.91. The van der Waals surface area contributed by atoms with E-state index in [2.05, 4.69) is 20.3 Å². The van der Waals surface area contributed by atoms with Gasteiger partial charge in [-0.25, -0.2) is 9.97 Å². The second-order valence-corrected chi connectivity index (χ2v) is 3.72. The molecule has 0 aliphatic rings. The van der Waals surface area contributed by atoms with Gasteiger partial charge in [-0.05, 0) is 13.0 Å². The summed E-state index contributed by atoms with van der Waals surface area (Å²) < 4.78 is 5.22. The van der Waals surface area contributed by atoms with Crippen LogP contribution in [-0.4, -0.2) is 21.6 Å². The first-order valence-electron chi connectivity index (χ1n) is 5.29. The van der Waals surface area contributed by atoms with E-state index in [9.17, 15) is 4.79 Å². The topological polar surface area (TPSA) is 79.9 Å². The van der Waals surface area contributed by atoms with Gasteiger partial charge in [-0.2, -0.15) is 0 Å². The molecule has 18 heavy (non-hydrogen) atoms. The average Bonchev–Trinajstić information content (AvgIpc) is 2.38. The van der Waals surface area contributed by atoms with Crippen molar-refractivity contribution in [3.05, 3.63) is 40.0 Å². The lowest BCUT2D eigenvalue weighted by atomic mass is 10.4. The van der Waals surface area contributed by atoms with E-state index >= 15 is 0 Å². The Kier molecular flexibility index (Phi) is 3.78. The van der Waals surface area contributed by atoms with Crippen LogP contribution in [0.5, 0.6) is 5.88 Å². The summed E-state index contributed by atoms with van der Waals surface area (Å²) in [5.74, 6) is 0.819. The first kappa shape index (κ1) is 12.4. The highest BCUT2D eigenvalue weighted by Crippen LogP contribution is 2.19. The molecule has 2 rings (SSSR count). The van der Waals surface area contributed by atoms with Gasteiger partial charge in [0.15, 0.2) is 5.82 Å². The molecule has 2 N–H and O–H groups in total. The number of aromatic nitrogens is 3. The fourth-order valence-electron chi connectivity index (χ4n) is 1.29. The van der Waals surface area contributed by atoms with Gasteiger partial charge in [0.2, 0.25) is 5.88 Å². The Morgan fingerprint density at radius 1 is 1.44 bits per heavy atom. The molecule has 0 radical (unpaired) electrons. The summed E-state index contributed by atoms with van der Waals surface area (Å²) in [7, 11) is 0. The molecule has 0 spiro atoms. The van der Waals surface area contributed by atoms with Crippen molar-refractivity contribution in [1.29, 1.82) is 0 Å². The Balaban J connectivity index is 2.18. The largest absolute Gasteiger partial charge is 0.478 e. The van der Waals surface area contributed by atoms with Crippen LogP contribution < -0.4 is 15.6 Å². The molecule has 7 heteroatoms. The highest BCUT2D eigenvalue weighted by molar-refractivity contribution is 6.32. The zero-order valence-electron chi connectivity index (χ0n) is 9.61. The molecule has 0 aliphatic carbocycles. The van der Waals surface area contributed by atoms with Crippen molar-refractivity contribution in [1.82, 2.24) is 15.0 Å². The highest BCUT2D eigenvalue weighted by Gasteiger charge is 2.06. The van der Waals surface area contributed by atoms with E-state index in [0.29, 0.717) is 18.2 Å². The van der Waals surface area contributed by atoms with Crippen LogP contribution in [0.25, 0.3) is 0 Å². The van der Waals surface area contributed by atoms with Crippen LogP contribution in [0.2, 0.25) is 5.02 Å². The number of halogens is 1. The Morgan fingerprint density at radius 3 is 2.94 bits per heavy atom. The third-order valence-electron chi connectivity index (χ3n) is 2.09. The molecular formula is C11H11ClN4O2. The molecule has 0 saturated heterocycles. The Hall–Kier alpha value is -2.08.